The highest BCUT2D eigenvalue weighted by atomic mass is 16.4. The fourth-order valence-corrected chi connectivity index (χ4v) is 1.44. The summed E-state index contributed by atoms with van der Waals surface area (Å²) in [4.78, 5) is 20.5. The predicted molar refractivity (Wildman–Crippen MR) is 61.7 cm³/mol. The average Bonchev–Trinajstić information content (AvgIpc) is 2.15. The van der Waals surface area contributed by atoms with Crippen LogP contribution in [-0.4, -0.2) is 34.6 Å². The van der Waals surface area contributed by atoms with Gasteiger partial charge in [-0.1, -0.05) is 20.8 Å². The third-order valence-corrected chi connectivity index (χ3v) is 1.94. The largest absolute Gasteiger partial charge is 0.476 e. The Hall–Kier alpha value is -1.65. The minimum absolute atomic E-state index is 0.0294. The Morgan fingerprint density at radius 1 is 1.44 bits per heavy atom. The average molecular weight is 223 g/mol. The Morgan fingerprint density at radius 2 is 2.06 bits per heavy atom. The molecule has 5 heteroatoms. The minimum atomic E-state index is -1.06. The molecule has 0 radical (unpaired) electrons. The van der Waals surface area contributed by atoms with E-state index in [1.165, 1.54) is 6.20 Å². The number of hydrogen-bond acceptors (Lipinski definition) is 4. The highest BCUT2D eigenvalue weighted by molar-refractivity contribution is 5.85. The zero-order valence-corrected chi connectivity index (χ0v) is 10.1. The van der Waals surface area contributed by atoms with Crippen molar-refractivity contribution in [3.63, 3.8) is 0 Å². The van der Waals surface area contributed by atoms with Crippen molar-refractivity contribution in [1.29, 1.82) is 0 Å². The van der Waals surface area contributed by atoms with Crippen molar-refractivity contribution in [2.75, 3.05) is 18.5 Å². The van der Waals surface area contributed by atoms with Gasteiger partial charge in [0.1, 0.15) is 5.82 Å². The Bertz CT molecular complexity index is 385. The van der Waals surface area contributed by atoms with Crippen LogP contribution in [0.1, 0.15) is 31.3 Å². The first-order valence-corrected chi connectivity index (χ1v) is 5.06. The van der Waals surface area contributed by atoms with Gasteiger partial charge in [-0.15, -0.1) is 0 Å². The van der Waals surface area contributed by atoms with E-state index in [-0.39, 0.29) is 11.1 Å². The van der Waals surface area contributed by atoms with Crippen LogP contribution in [0.25, 0.3) is 0 Å². The molecule has 16 heavy (non-hydrogen) atoms. The van der Waals surface area contributed by atoms with Crippen molar-refractivity contribution in [1.82, 2.24) is 9.97 Å². The highest BCUT2D eigenvalue weighted by Gasteiger charge is 2.16. The predicted octanol–water partition coefficient (Wildman–Crippen LogP) is 1.66. The van der Waals surface area contributed by atoms with Gasteiger partial charge in [0, 0.05) is 13.6 Å². The molecular formula is C11H17N3O2. The fraction of sp³-hybridized carbons (Fsp3) is 0.545. The molecule has 0 bridgehead atoms. The fourth-order valence-electron chi connectivity index (χ4n) is 1.44. The van der Waals surface area contributed by atoms with E-state index in [0.717, 1.165) is 6.54 Å². The SMILES string of the molecule is CN(CC(C)(C)C)c1cncc(C(=O)O)n1. The second-order valence-electron chi connectivity index (χ2n) is 4.98. The maximum atomic E-state index is 10.7. The van der Waals surface area contributed by atoms with Gasteiger partial charge in [0.2, 0.25) is 0 Å². The lowest BCUT2D eigenvalue weighted by atomic mass is 9.96. The molecule has 0 unspecified atom stereocenters. The number of nitrogens with zero attached hydrogens (tertiary/aromatic N) is 3. The highest BCUT2D eigenvalue weighted by Crippen LogP contribution is 2.18. The standard InChI is InChI=1S/C11H17N3O2/c1-11(2,3)7-14(4)9-6-12-5-8(13-9)10(15)16/h5-6H,7H2,1-4H3,(H,15,16). The van der Waals surface area contributed by atoms with Gasteiger partial charge >= 0.3 is 5.97 Å². The molecule has 1 N–H and O–H groups in total. The van der Waals surface area contributed by atoms with Crippen LogP contribution in [0, 0.1) is 5.41 Å². The number of carbonyl (C=O) groups is 1. The topological polar surface area (TPSA) is 66.3 Å². The maximum Gasteiger partial charge on any atom is 0.356 e. The first-order valence-electron chi connectivity index (χ1n) is 5.06. The normalized spacial score (nSPS) is 11.2. The molecule has 0 saturated carbocycles. The summed E-state index contributed by atoms with van der Waals surface area (Å²) in [5.41, 5.74) is 0.0913. The van der Waals surface area contributed by atoms with Gasteiger partial charge in [-0.3, -0.25) is 4.98 Å². The van der Waals surface area contributed by atoms with E-state index in [1.54, 1.807) is 6.20 Å². The van der Waals surface area contributed by atoms with E-state index in [1.807, 2.05) is 11.9 Å². The van der Waals surface area contributed by atoms with Crippen molar-refractivity contribution in [3.05, 3.63) is 18.1 Å². The van der Waals surface area contributed by atoms with Crippen LogP contribution in [0.4, 0.5) is 5.82 Å². The third-order valence-electron chi connectivity index (χ3n) is 1.94. The summed E-state index contributed by atoms with van der Waals surface area (Å²) < 4.78 is 0. The minimum Gasteiger partial charge on any atom is -0.476 e. The van der Waals surface area contributed by atoms with E-state index in [9.17, 15) is 4.79 Å². The summed E-state index contributed by atoms with van der Waals surface area (Å²) in [7, 11) is 1.88. The lowest BCUT2D eigenvalue weighted by molar-refractivity contribution is 0.0690. The number of aromatic nitrogens is 2. The number of hydrogen-bond donors (Lipinski definition) is 1. The second kappa shape index (κ2) is 4.47. The van der Waals surface area contributed by atoms with Crippen LogP contribution in [-0.2, 0) is 0 Å². The van der Waals surface area contributed by atoms with E-state index < -0.39 is 5.97 Å². The molecule has 0 aliphatic heterocycles. The van der Waals surface area contributed by atoms with Gasteiger partial charge in [-0.25, -0.2) is 9.78 Å². The molecule has 0 saturated heterocycles. The molecule has 1 aromatic heterocycles. The summed E-state index contributed by atoms with van der Waals surface area (Å²) in [6, 6.07) is 0. The molecule has 0 aliphatic carbocycles. The monoisotopic (exact) mass is 223 g/mol. The lowest BCUT2D eigenvalue weighted by Crippen LogP contribution is -2.30. The van der Waals surface area contributed by atoms with E-state index in [4.69, 9.17) is 5.11 Å². The Kier molecular flexibility index (Phi) is 3.47. The lowest BCUT2D eigenvalue weighted by Gasteiger charge is -2.27. The van der Waals surface area contributed by atoms with Crippen LogP contribution in [0.15, 0.2) is 12.4 Å². The van der Waals surface area contributed by atoms with Gasteiger partial charge in [0.05, 0.1) is 12.4 Å². The van der Waals surface area contributed by atoms with Crippen molar-refractivity contribution in [2.45, 2.75) is 20.8 Å². The molecule has 0 aliphatic rings. The summed E-state index contributed by atoms with van der Waals surface area (Å²) in [5.74, 6) is -0.478. The van der Waals surface area contributed by atoms with E-state index in [2.05, 4.69) is 30.7 Å². The molecule has 1 rings (SSSR count). The van der Waals surface area contributed by atoms with Gasteiger partial charge < -0.3 is 10.0 Å². The molecule has 1 aromatic rings. The van der Waals surface area contributed by atoms with Gasteiger partial charge in [0.25, 0.3) is 0 Å². The van der Waals surface area contributed by atoms with Gasteiger partial charge in [-0.2, -0.15) is 0 Å². The molecule has 0 amide bonds. The van der Waals surface area contributed by atoms with Crippen molar-refractivity contribution in [3.8, 4) is 0 Å². The quantitative estimate of drug-likeness (QED) is 0.844. The zero-order chi connectivity index (χ0) is 12.3. The van der Waals surface area contributed by atoms with Gasteiger partial charge in [0.15, 0.2) is 5.69 Å². The van der Waals surface area contributed by atoms with Crippen molar-refractivity contribution < 1.29 is 9.90 Å². The van der Waals surface area contributed by atoms with Crippen molar-refractivity contribution in [2.24, 2.45) is 5.41 Å². The maximum absolute atomic E-state index is 10.7. The summed E-state index contributed by atoms with van der Waals surface area (Å²) in [6.07, 6.45) is 2.81. The molecule has 0 spiro atoms. The Morgan fingerprint density at radius 3 is 2.56 bits per heavy atom. The number of aromatic carboxylic acids is 1. The molecule has 1 heterocycles. The third kappa shape index (κ3) is 3.49. The van der Waals surface area contributed by atoms with Crippen molar-refractivity contribution >= 4 is 11.8 Å². The smallest absolute Gasteiger partial charge is 0.356 e. The Labute approximate surface area is 95.1 Å². The van der Waals surface area contributed by atoms with Crippen LogP contribution in [0.3, 0.4) is 0 Å². The van der Waals surface area contributed by atoms with E-state index >= 15 is 0 Å². The number of carboxylic acid groups (broad SMARTS) is 1. The van der Waals surface area contributed by atoms with Crippen LogP contribution >= 0.6 is 0 Å². The van der Waals surface area contributed by atoms with E-state index in [0.29, 0.717) is 5.82 Å². The van der Waals surface area contributed by atoms with Crippen LogP contribution in [0.5, 0.6) is 0 Å². The second-order valence-corrected chi connectivity index (χ2v) is 4.98. The first-order chi connectivity index (χ1) is 7.29. The van der Waals surface area contributed by atoms with Crippen LogP contribution < -0.4 is 4.90 Å². The number of carboxylic acids is 1. The molecule has 0 atom stereocenters. The first kappa shape index (κ1) is 12.4. The van der Waals surface area contributed by atoms with Crippen LogP contribution in [0.2, 0.25) is 0 Å². The van der Waals surface area contributed by atoms with Gasteiger partial charge in [-0.05, 0) is 5.41 Å². The number of rotatable bonds is 3. The zero-order valence-electron chi connectivity index (χ0n) is 10.1. The molecular weight excluding hydrogens is 206 g/mol. The molecule has 0 aromatic carbocycles. The summed E-state index contributed by atoms with van der Waals surface area (Å²) in [6.45, 7) is 7.11. The number of anilines is 1. The summed E-state index contributed by atoms with van der Waals surface area (Å²) in [5, 5.41) is 8.80. The molecule has 88 valence electrons. The molecule has 0 fully saturated rings. The molecule has 5 nitrogen and oxygen atoms in total. The summed E-state index contributed by atoms with van der Waals surface area (Å²) >= 11 is 0. The Balaban J connectivity index is 2.87.